The second kappa shape index (κ2) is 4.91. The van der Waals surface area contributed by atoms with Gasteiger partial charge in [-0.2, -0.15) is 0 Å². The maximum absolute atomic E-state index is 11.7. The Balaban J connectivity index is 2.53. The molecule has 1 aliphatic rings. The van der Waals surface area contributed by atoms with Gasteiger partial charge in [-0.15, -0.1) is 0 Å². The molecule has 1 saturated carbocycles. The lowest BCUT2D eigenvalue weighted by atomic mass is 10.1. The van der Waals surface area contributed by atoms with Gasteiger partial charge >= 0.3 is 5.97 Å². The van der Waals surface area contributed by atoms with E-state index in [-0.39, 0.29) is 23.2 Å². The van der Waals surface area contributed by atoms with E-state index >= 15 is 0 Å². The highest BCUT2D eigenvalue weighted by Crippen LogP contribution is 2.63. The number of rotatable bonds is 4. The molecule has 1 aliphatic carbocycles. The number of carbonyl (C=O) groups is 1. The first-order chi connectivity index (χ1) is 7.20. The molecule has 0 radical (unpaired) electrons. The number of halogens is 3. The van der Waals surface area contributed by atoms with Gasteiger partial charge in [0.25, 0.3) is 0 Å². The monoisotopic (exact) mass is 286 g/mol. The fourth-order valence-corrected chi connectivity index (χ4v) is 2.63. The Morgan fingerprint density at radius 1 is 1.38 bits per heavy atom. The molecule has 2 unspecified atom stereocenters. The van der Waals surface area contributed by atoms with E-state index in [2.05, 4.69) is 0 Å². The molecule has 0 N–H and O–H groups in total. The SMILES string of the molecule is CCCOC(=O)C1C(CC(Cl)(Cl)Cl)C1(C)C. The number of ether oxygens (including phenoxy) is 1. The molecule has 0 heterocycles. The van der Waals surface area contributed by atoms with Gasteiger partial charge in [-0.25, -0.2) is 0 Å². The number of hydrogen-bond donors (Lipinski definition) is 0. The average molecular weight is 288 g/mol. The van der Waals surface area contributed by atoms with Crippen LogP contribution in [0.4, 0.5) is 0 Å². The lowest BCUT2D eigenvalue weighted by Crippen LogP contribution is -2.12. The Labute approximate surface area is 112 Å². The van der Waals surface area contributed by atoms with Crippen LogP contribution in [0, 0.1) is 17.3 Å². The van der Waals surface area contributed by atoms with Crippen molar-refractivity contribution in [3.8, 4) is 0 Å². The maximum atomic E-state index is 11.7. The molecular weight excluding hydrogens is 270 g/mol. The minimum Gasteiger partial charge on any atom is -0.465 e. The predicted octanol–water partition coefficient (Wildman–Crippen LogP) is 3.97. The van der Waals surface area contributed by atoms with Gasteiger partial charge in [0.2, 0.25) is 0 Å². The topological polar surface area (TPSA) is 26.3 Å². The standard InChI is InChI=1S/C11H17Cl3O2/c1-4-5-16-9(15)8-7(10(8,2)3)6-11(12,13)14/h7-8H,4-6H2,1-3H3. The number of carbonyl (C=O) groups excluding carboxylic acids is 1. The lowest BCUT2D eigenvalue weighted by Gasteiger charge is -2.10. The van der Waals surface area contributed by atoms with Gasteiger partial charge in [0.15, 0.2) is 3.79 Å². The van der Waals surface area contributed by atoms with Gasteiger partial charge in [-0.3, -0.25) is 4.79 Å². The van der Waals surface area contributed by atoms with Gasteiger partial charge in [-0.1, -0.05) is 55.6 Å². The molecule has 2 atom stereocenters. The number of esters is 1. The van der Waals surface area contributed by atoms with E-state index in [0.717, 1.165) is 6.42 Å². The van der Waals surface area contributed by atoms with Crippen molar-refractivity contribution in [2.75, 3.05) is 6.61 Å². The molecule has 16 heavy (non-hydrogen) atoms. The molecule has 0 aromatic carbocycles. The van der Waals surface area contributed by atoms with Crippen molar-refractivity contribution < 1.29 is 9.53 Å². The largest absolute Gasteiger partial charge is 0.465 e. The van der Waals surface area contributed by atoms with Crippen LogP contribution in [0.2, 0.25) is 0 Å². The summed E-state index contributed by atoms with van der Waals surface area (Å²) in [6, 6.07) is 0. The summed E-state index contributed by atoms with van der Waals surface area (Å²) < 4.78 is 3.84. The summed E-state index contributed by atoms with van der Waals surface area (Å²) in [5, 5.41) is 0. The van der Waals surface area contributed by atoms with Crippen LogP contribution in [0.3, 0.4) is 0 Å². The Kier molecular flexibility index (Phi) is 4.42. The second-order valence-corrected chi connectivity index (χ2v) is 7.41. The van der Waals surface area contributed by atoms with Crippen LogP contribution < -0.4 is 0 Å². The Hall–Kier alpha value is 0.340. The first-order valence-corrected chi connectivity index (χ1v) is 6.57. The molecule has 0 aliphatic heterocycles. The van der Waals surface area contributed by atoms with Gasteiger partial charge < -0.3 is 4.74 Å². The van der Waals surface area contributed by atoms with Gasteiger partial charge in [-0.05, 0) is 24.2 Å². The third-order valence-corrected chi connectivity index (χ3v) is 3.67. The Morgan fingerprint density at radius 3 is 2.38 bits per heavy atom. The average Bonchev–Trinajstić information content (AvgIpc) is 2.61. The quantitative estimate of drug-likeness (QED) is 0.577. The zero-order valence-electron chi connectivity index (χ0n) is 9.73. The van der Waals surface area contributed by atoms with Crippen molar-refractivity contribution >= 4 is 40.8 Å². The molecule has 1 rings (SSSR count). The van der Waals surface area contributed by atoms with Crippen LogP contribution in [-0.2, 0) is 9.53 Å². The first kappa shape index (κ1) is 14.4. The Morgan fingerprint density at radius 2 is 1.94 bits per heavy atom. The highest BCUT2D eigenvalue weighted by atomic mass is 35.6. The summed E-state index contributed by atoms with van der Waals surface area (Å²) in [5.41, 5.74) is -0.116. The minimum atomic E-state index is -1.29. The van der Waals surface area contributed by atoms with E-state index in [0.29, 0.717) is 13.0 Å². The predicted molar refractivity (Wildman–Crippen MR) is 66.9 cm³/mol. The fraction of sp³-hybridized carbons (Fsp3) is 0.909. The molecule has 0 amide bonds. The normalized spacial score (nSPS) is 27.6. The molecule has 1 fully saturated rings. The molecule has 5 heteroatoms. The number of alkyl halides is 3. The summed E-state index contributed by atoms with van der Waals surface area (Å²) in [6.07, 6.45) is 1.23. The molecule has 0 aromatic rings. The highest BCUT2D eigenvalue weighted by molar-refractivity contribution is 6.67. The van der Waals surface area contributed by atoms with E-state index in [9.17, 15) is 4.79 Å². The van der Waals surface area contributed by atoms with Gasteiger partial charge in [0, 0.05) is 0 Å². The van der Waals surface area contributed by atoms with Crippen molar-refractivity contribution in [3.63, 3.8) is 0 Å². The first-order valence-electron chi connectivity index (χ1n) is 5.43. The van der Waals surface area contributed by atoms with Crippen molar-refractivity contribution in [2.24, 2.45) is 17.3 Å². The van der Waals surface area contributed by atoms with Crippen molar-refractivity contribution in [3.05, 3.63) is 0 Å². The van der Waals surface area contributed by atoms with Crippen molar-refractivity contribution in [1.82, 2.24) is 0 Å². The van der Waals surface area contributed by atoms with E-state index in [1.165, 1.54) is 0 Å². The van der Waals surface area contributed by atoms with E-state index in [1.807, 2.05) is 20.8 Å². The molecule has 0 bridgehead atoms. The minimum absolute atomic E-state index is 0.101. The van der Waals surface area contributed by atoms with Crippen LogP contribution in [-0.4, -0.2) is 16.4 Å². The van der Waals surface area contributed by atoms with Crippen LogP contribution in [0.5, 0.6) is 0 Å². The summed E-state index contributed by atoms with van der Waals surface area (Å²) >= 11 is 17.2. The van der Waals surface area contributed by atoms with E-state index in [4.69, 9.17) is 39.5 Å². The fourth-order valence-electron chi connectivity index (χ4n) is 2.13. The highest BCUT2D eigenvalue weighted by Gasteiger charge is 2.63. The lowest BCUT2D eigenvalue weighted by molar-refractivity contribution is -0.146. The molecule has 94 valence electrons. The van der Waals surface area contributed by atoms with Gasteiger partial charge in [0.05, 0.1) is 12.5 Å². The van der Waals surface area contributed by atoms with Crippen LogP contribution >= 0.6 is 34.8 Å². The summed E-state index contributed by atoms with van der Waals surface area (Å²) in [7, 11) is 0. The van der Waals surface area contributed by atoms with Crippen LogP contribution in [0.15, 0.2) is 0 Å². The van der Waals surface area contributed by atoms with Crippen LogP contribution in [0.1, 0.15) is 33.6 Å². The summed E-state index contributed by atoms with van der Waals surface area (Å²) in [6.45, 7) is 6.44. The van der Waals surface area contributed by atoms with Crippen LogP contribution in [0.25, 0.3) is 0 Å². The Bertz CT molecular complexity index is 271. The van der Waals surface area contributed by atoms with Gasteiger partial charge in [0.1, 0.15) is 0 Å². The molecule has 2 nitrogen and oxygen atoms in total. The zero-order valence-corrected chi connectivity index (χ0v) is 12.0. The summed E-state index contributed by atoms with van der Waals surface area (Å²) in [5.74, 6) is -0.190. The second-order valence-electron chi connectivity index (χ2n) is 4.89. The van der Waals surface area contributed by atoms with E-state index in [1.54, 1.807) is 0 Å². The third-order valence-electron chi connectivity index (χ3n) is 3.20. The van der Waals surface area contributed by atoms with Crippen molar-refractivity contribution in [2.45, 2.75) is 37.4 Å². The zero-order chi connectivity index (χ0) is 12.6. The smallest absolute Gasteiger partial charge is 0.309 e. The molecule has 0 spiro atoms. The third kappa shape index (κ3) is 3.41. The number of hydrogen-bond acceptors (Lipinski definition) is 2. The molecule has 0 aromatic heterocycles. The van der Waals surface area contributed by atoms with E-state index < -0.39 is 3.79 Å². The molecular formula is C11H17Cl3O2. The summed E-state index contributed by atoms with van der Waals surface area (Å²) in [4.78, 5) is 11.7. The van der Waals surface area contributed by atoms with Crippen molar-refractivity contribution in [1.29, 1.82) is 0 Å². The molecule has 0 saturated heterocycles. The maximum Gasteiger partial charge on any atom is 0.309 e.